The molecule has 0 fully saturated rings. The van der Waals surface area contributed by atoms with Crippen LogP contribution in [0.1, 0.15) is 15.5 Å². The van der Waals surface area contributed by atoms with Crippen molar-refractivity contribution in [3.63, 3.8) is 0 Å². The van der Waals surface area contributed by atoms with E-state index in [9.17, 15) is 9.59 Å². The number of nitrogens with two attached hydrogens (primary N) is 1. The van der Waals surface area contributed by atoms with Crippen LogP contribution in [-0.2, 0) is 16.0 Å². The van der Waals surface area contributed by atoms with E-state index in [4.69, 9.17) is 5.73 Å². The second-order valence-electron chi connectivity index (χ2n) is 2.92. The monoisotopic (exact) mass is 243 g/mol. The highest BCUT2D eigenvalue weighted by atomic mass is 32.1. The summed E-state index contributed by atoms with van der Waals surface area (Å²) in [7, 11) is 1.31. The molecule has 0 bridgehead atoms. The van der Waals surface area contributed by atoms with Gasteiger partial charge in [-0.2, -0.15) is 0 Å². The summed E-state index contributed by atoms with van der Waals surface area (Å²) in [6.07, 6.45) is 0.577. The van der Waals surface area contributed by atoms with Crippen LogP contribution in [0.2, 0.25) is 0 Å². The topological polar surface area (TPSA) is 94.3 Å². The van der Waals surface area contributed by atoms with Crippen molar-refractivity contribution in [1.29, 1.82) is 0 Å². The summed E-state index contributed by atoms with van der Waals surface area (Å²) in [6, 6.07) is 0. The molecule has 0 saturated carbocycles. The summed E-state index contributed by atoms with van der Waals surface area (Å²) < 4.78 is 4.53. The number of methoxy groups -OCH3 is 1. The van der Waals surface area contributed by atoms with Crippen molar-refractivity contribution in [2.45, 2.75) is 6.42 Å². The number of carbonyl (C=O) groups is 2. The second-order valence-corrected chi connectivity index (χ2v) is 3.86. The Morgan fingerprint density at radius 1 is 1.62 bits per heavy atom. The third kappa shape index (κ3) is 3.59. The van der Waals surface area contributed by atoms with E-state index in [0.717, 1.165) is 5.01 Å². The number of rotatable bonds is 5. The van der Waals surface area contributed by atoms with Crippen molar-refractivity contribution in [2.75, 3.05) is 20.2 Å². The molecule has 0 saturated heterocycles. The first-order chi connectivity index (χ1) is 7.67. The molecule has 0 aromatic carbocycles. The predicted octanol–water partition coefficient (Wildman–Crippen LogP) is -0.453. The minimum atomic E-state index is -0.450. The Kier molecular flexibility index (Phi) is 4.87. The molecule has 6 nitrogen and oxygen atoms in total. The maximum absolute atomic E-state index is 11.1. The Balaban J connectivity index is 2.41. The minimum Gasteiger partial charge on any atom is -0.464 e. The lowest BCUT2D eigenvalue weighted by Gasteiger charge is -2.00. The summed E-state index contributed by atoms with van der Waals surface area (Å²) >= 11 is 1.36. The molecule has 7 heteroatoms. The normalized spacial score (nSPS) is 9.88. The molecule has 0 spiro atoms. The van der Waals surface area contributed by atoms with E-state index >= 15 is 0 Å². The second kappa shape index (κ2) is 6.19. The predicted molar refractivity (Wildman–Crippen MR) is 59.2 cm³/mol. The van der Waals surface area contributed by atoms with Gasteiger partial charge in [0.1, 0.15) is 0 Å². The lowest BCUT2D eigenvalue weighted by molar-refractivity contribution is -0.119. The number of ether oxygens (including phenoxy) is 1. The molecule has 0 radical (unpaired) electrons. The Morgan fingerprint density at radius 2 is 2.38 bits per heavy atom. The number of nitrogens with zero attached hydrogens (tertiary/aromatic N) is 1. The lowest BCUT2D eigenvalue weighted by Crippen LogP contribution is -2.31. The number of hydrogen-bond acceptors (Lipinski definition) is 6. The Hall–Kier alpha value is -1.47. The molecular formula is C9H13N3O3S. The third-order valence-corrected chi connectivity index (χ3v) is 2.70. The molecule has 0 aliphatic heterocycles. The van der Waals surface area contributed by atoms with Crippen molar-refractivity contribution in [3.05, 3.63) is 16.1 Å². The highest BCUT2D eigenvalue weighted by Crippen LogP contribution is 2.10. The number of aromatic nitrogens is 1. The van der Waals surface area contributed by atoms with Gasteiger partial charge in [0.25, 0.3) is 0 Å². The van der Waals surface area contributed by atoms with E-state index in [1.165, 1.54) is 18.4 Å². The van der Waals surface area contributed by atoms with Crippen molar-refractivity contribution in [3.8, 4) is 0 Å². The molecule has 0 aliphatic rings. The van der Waals surface area contributed by atoms with E-state index in [1.807, 2.05) is 0 Å². The molecule has 1 aromatic heterocycles. The number of thiazole rings is 1. The SMILES string of the molecule is COC(=O)c1csc(CCNC(=O)CN)n1. The Bertz CT molecular complexity index is 378. The van der Waals surface area contributed by atoms with Crippen LogP contribution in [0.15, 0.2) is 5.38 Å². The zero-order chi connectivity index (χ0) is 12.0. The molecule has 1 heterocycles. The van der Waals surface area contributed by atoms with Crippen LogP contribution in [0.5, 0.6) is 0 Å². The number of hydrogen-bond donors (Lipinski definition) is 2. The van der Waals surface area contributed by atoms with Crippen LogP contribution in [0, 0.1) is 0 Å². The van der Waals surface area contributed by atoms with E-state index in [0.29, 0.717) is 18.7 Å². The van der Waals surface area contributed by atoms with E-state index in [1.54, 1.807) is 5.38 Å². The average Bonchev–Trinajstić information content (AvgIpc) is 2.76. The largest absolute Gasteiger partial charge is 0.464 e. The van der Waals surface area contributed by atoms with Crippen LogP contribution >= 0.6 is 11.3 Å². The zero-order valence-electron chi connectivity index (χ0n) is 8.86. The van der Waals surface area contributed by atoms with Crippen molar-refractivity contribution >= 4 is 23.2 Å². The maximum Gasteiger partial charge on any atom is 0.357 e. The van der Waals surface area contributed by atoms with Crippen LogP contribution in [0.3, 0.4) is 0 Å². The lowest BCUT2D eigenvalue weighted by atomic mass is 10.4. The van der Waals surface area contributed by atoms with Crippen LogP contribution in [-0.4, -0.2) is 37.1 Å². The number of carbonyl (C=O) groups excluding carboxylic acids is 2. The van der Waals surface area contributed by atoms with Crippen molar-refractivity contribution in [2.24, 2.45) is 5.73 Å². The van der Waals surface area contributed by atoms with Gasteiger partial charge in [0, 0.05) is 18.3 Å². The van der Waals surface area contributed by atoms with E-state index in [-0.39, 0.29) is 12.5 Å². The highest BCUT2D eigenvalue weighted by molar-refractivity contribution is 7.09. The van der Waals surface area contributed by atoms with Gasteiger partial charge in [0.15, 0.2) is 5.69 Å². The van der Waals surface area contributed by atoms with Crippen LogP contribution in [0.4, 0.5) is 0 Å². The molecule has 3 N–H and O–H groups in total. The average molecular weight is 243 g/mol. The van der Waals surface area contributed by atoms with Gasteiger partial charge < -0.3 is 15.8 Å². The molecule has 16 heavy (non-hydrogen) atoms. The quantitative estimate of drug-likeness (QED) is 0.683. The molecule has 0 aliphatic carbocycles. The van der Waals surface area contributed by atoms with Crippen molar-refractivity contribution < 1.29 is 14.3 Å². The number of nitrogens with one attached hydrogen (secondary N) is 1. The molecule has 88 valence electrons. The molecule has 1 amide bonds. The zero-order valence-corrected chi connectivity index (χ0v) is 9.67. The van der Waals surface area contributed by atoms with E-state index in [2.05, 4.69) is 15.0 Å². The molecule has 1 rings (SSSR count). The smallest absolute Gasteiger partial charge is 0.357 e. The fraction of sp³-hybridized carbons (Fsp3) is 0.444. The van der Waals surface area contributed by atoms with Gasteiger partial charge in [-0.15, -0.1) is 11.3 Å². The van der Waals surface area contributed by atoms with Gasteiger partial charge in [-0.05, 0) is 0 Å². The van der Waals surface area contributed by atoms with Gasteiger partial charge in [0.05, 0.1) is 18.7 Å². The molecule has 0 unspecified atom stereocenters. The summed E-state index contributed by atoms with van der Waals surface area (Å²) in [6.45, 7) is 0.440. The third-order valence-electron chi connectivity index (χ3n) is 1.79. The van der Waals surface area contributed by atoms with Gasteiger partial charge in [-0.25, -0.2) is 9.78 Å². The van der Waals surface area contributed by atoms with Gasteiger partial charge in [-0.1, -0.05) is 0 Å². The van der Waals surface area contributed by atoms with Crippen LogP contribution < -0.4 is 11.1 Å². The summed E-state index contributed by atoms with van der Waals surface area (Å²) in [4.78, 5) is 26.0. The Morgan fingerprint density at radius 3 is 3.00 bits per heavy atom. The summed E-state index contributed by atoms with van der Waals surface area (Å²) in [5.41, 5.74) is 5.43. The maximum atomic E-state index is 11.1. The molecular weight excluding hydrogens is 230 g/mol. The van der Waals surface area contributed by atoms with E-state index < -0.39 is 5.97 Å². The fourth-order valence-electron chi connectivity index (χ4n) is 1.01. The van der Waals surface area contributed by atoms with Gasteiger partial charge >= 0.3 is 5.97 Å². The first-order valence-electron chi connectivity index (χ1n) is 4.67. The highest BCUT2D eigenvalue weighted by Gasteiger charge is 2.10. The van der Waals surface area contributed by atoms with Gasteiger partial charge in [0.2, 0.25) is 5.91 Å². The number of esters is 1. The fourth-order valence-corrected chi connectivity index (χ4v) is 1.77. The Labute approximate surface area is 96.8 Å². The van der Waals surface area contributed by atoms with Gasteiger partial charge in [-0.3, -0.25) is 4.79 Å². The van der Waals surface area contributed by atoms with Crippen molar-refractivity contribution in [1.82, 2.24) is 10.3 Å². The molecule has 0 atom stereocenters. The standard InChI is InChI=1S/C9H13N3O3S/c1-15-9(14)6-5-16-8(12-6)2-3-11-7(13)4-10/h5H,2-4,10H2,1H3,(H,11,13). The number of amides is 1. The first kappa shape index (κ1) is 12.6. The summed E-state index contributed by atoms with van der Waals surface area (Å²) in [5.74, 6) is -0.654. The minimum absolute atomic E-state index is 0.0225. The first-order valence-corrected chi connectivity index (χ1v) is 5.54. The molecule has 1 aromatic rings. The van der Waals surface area contributed by atoms with Crippen LogP contribution in [0.25, 0.3) is 0 Å². The summed E-state index contributed by atoms with van der Waals surface area (Å²) in [5, 5.41) is 5.03.